The monoisotopic (exact) mass is 487 g/mol. The van der Waals surface area contributed by atoms with E-state index < -0.39 is 0 Å². The summed E-state index contributed by atoms with van der Waals surface area (Å²) in [6, 6.07) is 11.7. The summed E-state index contributed by atoms with van der Waals surface area (Å²) in [6.07, 6.45) is 1.25. The van der Waals surface area contributed by atoms with Crippen LogP contribution in [0, 0.1) is 0 Å². The molecule has 34 heavy (non-hydrogen) atoms. The number of hydrogen-bond acceptors (Lipinski definition) is 5. The van der Waals surface area contributed by atoms with E-state index in [1.165, 1.54) is 4.90 Å². The van der Waals surface area contributed by atoms with E-state index >= 15 is 0 Å². The third-order valence-corrected chi connectivity index (χ3v) is 5.56. The number of nitrogens with one attached hydrogen (secondary N) is 2. The van der Waals surface area contributed by atoms with Gasteiger partial charge in [0.2, 0.25) is 5.91 Å². The van der Waals surface area contributed by atoms with Gasteiger partial charge in [0.15, 0.2) is 0 Å². The Morgan fingerprint density at radius 2 is 2.03 bits per heavy atom. The van der Waals surface area contributed by atoms with Gasteiger partial charge < -0.3 is 25.0 Å². The number of nitrogens with zero attached hydrogens (tertiary/aromatic N) is 1. The van der Waals surface area contributed by atoms with Crippen molar-refractivity contribution in [2.75, 3.05) is 33.4 Å². The molecule has 0 aromatic heterocycles. The topological polar surface area (TPSA) is 97.0 Å². The van der Waals surface area contributed by atoms with Crippen molar-refractivity contribution in [3.8, 4) is 5.75 Å². The Hall–Kier alpha value is -3.10. The number of hydrogen-bond donors (Lipinski definition) is 2. The summed E-state index contributed by atoms with van der Waals surface area (Å²) in [6.45, 7) is 3.07. The molecule has 1 aliphatic heterocycles. The predicted molar refractivity (Wildman–Crippen MR) is 129 cm³/mol. The molecule has 0 fully saturated rings. The van der Waals surface area contributed by atoms with Crippen LogP contribution in [0.3, 0.4) is 0 Å². The molecule has 0 bridgehead atoms. The van der Waals surface area contributed by atoms with Crippen LogP contribution in [0.4, 0.5) is 0 Å². The number of methoxy groups -OCH3 is 1. The first kappa shape index (κ1) is 25.5. The zero-order valence-electron chi connectivity index (χ0n) is 19.4. The van der Waals surface area contributed by atoms with E-state index in [2.05, 4.69) is 10.6 Å². The molecule has 3 rings (SSSR count). The second kappa shape index (κ2) is 12.4. The minimum absolute atomic E-state index is 0.0732. The Morgan fingerprint density at radius 3 is 2.82 bits per heavy atom. The quantitative estimate of drug-likeness (QED) is 0.693. The largest absolute Gasteiger partial charge is 0.491 e. The lowest BCUT2D eigenvalue weighted by Gasteiger charge is -2.24. The third-order valence-electron chi connectivity index (χ3n) is 5.33. The number of rotatable bonds is 3. The van der Waals surface area contributed by atoms with Gasteiger partial charge in [-0.05, 0) is 55.7 Å². The van der Waals surface area contributed by atoms with Crippen LogP contribution in [-0.2, 0) is 16.1 Å². The zero-order chi connectivity index (χ0) is 24.5. The summed E-state index contributed by atoms with van der Waals surface area (Å²) in [5.74, 6) is -0.400. The molecule has 1 aliphatic rings. The Balaban J connectivity index is 1.75. The molecule has 9 heteroatoms. The fraction of sp³-hybridized carbons (Fsp3) is 0.400. The maximum atomic E-state index is 13.2. The van der Waals surface area contributed by atoms with E-state index in [4.69, 9.17) is 21.1 Å². The molecule has 1 heterocycles. The Bertz CT molecular complexity index is 1030. The van der Waals surface area contributed by atoms with Crippen molar-refractivity contribution >= 4 is 29.3 Å². The van der Waals surface area contributed by atoms with Gasteiger partial charge in [-0.1, -0.05) is 23.7 Å². The van der Waals surface area contributed by atoms with Crippen LogP contribution in [0.15, 0.2) is 42.5 Å². The minimum Gasteiger partial charge on any atom is -0.491 e. The SMILES string of the molecule is COCc1cccc(C(=O)N2CCCCNC(=O)c3cc(Cl)ccc3OC[C@H](C)NC(=O)C2)c1. The summed E-state index contributed by atoms with van der Waals surface area (Å²) in [7, 11) is 1.60. The van der Waals surface area contributed by atoms with E-state index in [1.54, 1.807) is 50.4 Å². The lowest BCUT2D eigenvalue weighted by atomic mass is 10.1. The Labute approximate surface area is 204 Å². The molecule has 2 aromatic carbocycles. The smallest absolute Gasteiger partial charge is 0.255 e. The van der Waals surface area contributed by atoms with Gasteiger partial charge in [0.25, 0.3) is 11.8 Å². The Morgan fingerprint density at radius 1 is 1.21 bits per heavy atom. The second-order valence-electron chi connectivity index (χ2n) is 8.24. The average molecular weight is 488 g/mol. The molecular weight excluding hydrogens is 458 g/mol. The first-order valence-corrected chi connectivity index (χ1v) is 11.6. The number of ether oxygens (including phenoxy) is 2. The lowest BCUT2D eigenvalue weighted by Crippen LogP contribution is -2.45. The second-order valence-corrected chi connectivity index (χ2v) is 8.68. The molecule has 8 nitrogen and oxygen atoms in total. The van der Waals surface area contributed by atoms with Gasteiger partial charge in [-0.15, -0.1) is 0 Å². The van der Waals surface area contributed by atoms with Gasteiger partial charge in [-0.2, -0.15) is 0 Å². The van der Waals surface area contributed by atoms with Crippen LogP contribution in [0.5, 0.6) is 5.75 Å². The fourth-order valence-electron chi connectivity index (χ4n) is 3.68. The van der Waals surface area contributed by atoms with Crippen molar-refractivity contribution in [3.05, 3.63) is 64.2 Å². The summed E-state index contributed by atoms with van der Waals surface area (Å²) in [5, 5.41) is 6.17. The summed E-state index contributed by atoms with van der Waals surface area (Å²) in [5.41, 5.74) is 1.72. The van der Waals surface area contributed by atoms with Gasteiger partial charge in [0, 0.05) is 30.8 Å². The summed E-state index contributed by atoms with van der Waals surface area (Å²) in [4.78, 5) is 40.1. The van der Waals surface area contributed by atoms with Crippen molar-refractivity contribution in [2.45, 2.75) is 32.4 Å². The molecule has 0 aliphatic carbocycles. The number of benzene rings is 2. The molecule has 2 N–H and O–H groups in total. The molecule has 0 radical (unpaired) electrons. The molecule has 182 valence electrons. The molecular formula is C25H30ClN3O5. The van der Waals surface area contributed by atoms with Crippen molar-refractivity contribution in [2.24, 2.45) is 0 Å². The van der Waals surface area contributed by atoms with Crippen LogP contribution in [0.25, 0.3) is 0 Å². The van der Waals surface area contributed by atoms with E-state index in [9.17, 15) is 14.4 Å². The Kier molecular flexibility index (Phi) is 9.30. The minimum atomic E-state index is -0.341. The first-order chi connectivity index (χ1) is 16.4. The molecule has 0 saturated carbocycles. The van der Waals surface area contributed by atoms with Crippen molar-refractivity contribution < 1.29 is 23.9 Å². The van der Waals surface area contributed by atoms with Crippen LogP contribution in [0.2, 0.25) is 5.02 Å². The highest BCUT2D eigenvalue weighted by molar-refractivity contribution is 6.31. The average Bonchev–Trinajstić information content (AvgIpc) is 2.81. The molecule has 1 atom stereocenters. The maximum Gasteiger partial charge on any atom is 0.255 e. The fourth-order valence-corrected chi connectivity index (χ4v) is 3.85. The molecule has 3 amide bonds. The molecule has 0 saturated heterocycles. The molecule has 2 aromatic rings. The molecule has 0 spiro atoms. The van der Waals surface area contributed by atoms with E-state index in [0.29, 0.717) is 54.4 Å². The van der Waals surface area contributed by atoms with Crippen LogP contribution < -0.4 is 15.4 Å². The van der Waals surface area contributed by atoms with Gasteiger partial charge in [-0.25, -0.2) is 0 Å². The van der Waals surface area contributed by atoms with Gasteiger partial charge in [0.05, 0.1) is 24.8 Å². The number of halogens is 1. The maximum absolute atomic E-state index is 13.2. The number of fused-ring (bicyclic) bond motifs is 1. The number of amides is 3. The summed E-state index contributed by atoms with van der Waals surface area (Å²) >= 11 is 6.07. The predicted octanol–water partition coefficient (Wildman–Crippen LogP) is 3.04. The standard InChI is InChI=1S/C25H30ClN3O5/c1-17-15-34-22-9-8-20(26)13-21(22)24(31)27-10-3-4-11-29(14-23(30)28-17)25(32)19-7-5-6-18(12-19)16-33-2/h5-9,12-13,17H,3-4,10-11,14-16H2,1-2H3,(H,27,31)(H,28,30)/t17-/m0/s1. The summed E-state index contributed by atoms with van der Waals surface area (Å²) < 4.78 is 11.0. The highest BCUT2D eigenvalue weighted by Crippen LogP contribution is 2.23. The first-order valence-electron chi connectivity index (χ1n) is 11.2. The van der Waals surface area contributed by atoms with Crippen LogP contribution in [-0.4, -0.2) is 62.0 Å². The number of carbonyl (C=O) groups excluding carboxylic acids is 3. The van der Waals surface area contributed by atoms with Gasteiger partial charge in [-0.3, -0.25) is 14.4 Å². The van der Waals surface area contributed by atoms with Crippen LogP contribution in [0.1, 0.15) is 46.0 Å². The molecule has 0 unspecified atom stereocenters. The zero-order valence-corrected chi connectivity index (χ0v) is 20.2. The third kappa shape index (κ3) is 7.20. The highest BCUT2D eigenvalue weighted by Gasteiger charge is 2.21. The normalized spacial score (nSPS) is 18.0. The van der Waals surface area contributed by atoms with Crippen molar-refractivity contribution in [3.63, 3.8) is 0 Å². The van der Waals surface area contributed by atoms with E-state index in [0.717, 1.165) is 5.56 Å². The lowest BCUT2D eigenvalue weighted by molar-refractivity contribution is -0.122. The van der Waals surface area contributed by atoms with E-state index in [-0.39, 0.29) is 36.9 Å². The highest BCUT2D eigenvalue weighted by atomic mass is 35.5. The van der Waals surface area contributed by atoms with Gasteiger partial charge in [0.1, 0.15) is 12.4 Å². The van der Waals surface area contributed by atoms with Crippen molar-refractivity contribution in [1.29, 1.82) is 0 Å². The van der Waals surface area contributed by atoms with Crippen molar-refractivity contribution in [1.82, 2.24) is 15.5 Å². The van der Waals surface area contributed by atoms with Crippen LogP contribution >= 0.6 is 11.6 Å². The number of carbonyl (C=O) groups is 3. The van der Waals surface area contributed by atoms with E-state index in [1.807, 2.05) is 6.07 Å². The van der Waals surface area contributed by atoms with Gasteiger partial charge >= 0.3 is 0 Å².